The van der Waals surface area contributed by atoms with Crippen LogP contribution in [0.5, 0.6) is 0 Å². The quantitative estimate of drug-likeness (QED) is 0.803. The molecule has 1 aromatic carbocycles. The Balaban J connectivity index is 1.67. The van der Waals surface area contributed by atoms with Gasteiger partial charge in [0, 0.05) is 26.2 Å². The van der Waals surface area contributed by atoms with E-state index in [1.54, 1.807) is 0 Å². The lowest BCUT2D eigenvalue weighted by atomic mass is 10.2. The van der Waals surface area contributed by atoms with Crippen LogP contribution < -0.4 is 0 Å². The second-order valence-electron chi connectivity index (χ2n) is 4.79. The van der Waals surface area contributed by atoms with Crippen LogP contribution in [0.4, 0.5) is 0 Å². The van der Waals surface area contributed by atoms with Gasteiger partial charge in [-0.3, -0.25) is 4.79 Å². The van der Waals surface area contributed by atoms with E-state index in [1.807, 2.05) is 35.2 Å². The molecule has 1 aliphatic heterocycles. The number of piperazine rings is 1. The van der Waals surface area contributed by atoms with Gasteiger partial charge in [-0.1, -0.05) is 37.3 Å². The number of nitrogens with zero attached hydrogens (tertiary/aromatic N) is 2. The standard InChI is InChI=1S/C15H22N2O2/c1-2-16-8-10-17(11-9-16)15(18)13-19-12-14-6-4-3-5-7-14/h3-7H,2,8-13H2,1H3. The summed E-state index contributed by atoms with van der Waals surface area (Å²) < 4.78 is 5.48. The van der Waals surface area contributed by atoms with Crippen molar-refractivity contribution < 1.29 is 9.53 Å². The fourth-order valence-electron chi connectivity index (χ4n) is 2.24. The monoisotopic (exact) mass is 262 g/mol. The zero-order valence-electron chi connectivity index (χ0n) is 11.5. The highest BCUT2D eigenvalue weighted by molar-refractivity contribution is 5.77. The van der Waals surface area contributed by atoms with Crippen molar-refractivity contribution in [1.29, 1.82) is 0 Å². The van der Waals surface area contributed by atoms with Gasteiger partial charge in [-0.2, -0.15) is 0 Å². The number of hydrogen-bond donors (Lipinski definition) is 0. The van der Waals surface area contributed by atoms with Gasteiger partial charge in [-0.15, -0.1) is 0 Å². The molecule has 1 heterocycles. The lowest BCUT2D eigenvalue weighted by Crippen LogP contribution is -2.49. The maximum Gasteiger partial charge on any atom is 0.248 e. The third-order valence-corrected chi connectivity index (χ3v) is 3.51. The minimum atomic E-state index is 0.103. The van der Waals surface area contributed by atoms with Crippen molar-refractivity contribution >= 4 is 5.91 Å². The van der Waals surface area contributed by atoms with Crippen LogP contribution >= 0.6 is 0 Å². The Hall–Kier alpha value is -1.39. The Bertz CT molecular complexity index is 386. The Morgan fingerprint density at radius 3 is 2.47 bits per heavy atom. The smallest absolute Gasteiger partial charge is 0.248 e. The Morgan fingerprint density at radius 1 is 1.16 bits per heavy atom. The van der Waals surface area contributed by atoms with Crippen molar-refractivity contribution in [1.82, 2.24) is 9.80 Å². The van der Waals surface area contributed by atoms with Crippen LogP contribution in [0.1, 0.15) is 12.5 Å². The average molecular weight is 262 g/mol. The molecule has 0 atom stereocenters. The van der Waals surface area contributed by atoms with Gasteiger partial charge in [-0.25, -0.2) is 0 Å². The molecule has 1 amide bonds. The summed E-state index contributed by atoms with van der Waals surface area (Å²) in [6, 6.07) is 9.94. The van der Waals surface area contributed by atoms with Crippen LogP contribution in [0.2, 0.25) is 0 Å². The minimum absolute atomic E-state index is 0.103. The van der Waals surface area contributed by atoms with Gasteiger partial charge in [0.15, 0.2) is 0 Å². The van der Waals surface area contributed by atoms with E-state index in [0.29, 0.717) is 6.61 Å². The highest BCUT2D eigenvalue weighted by Crippen LogP contribution is 2.04. The molecule has 0 unspecified atom stereocenters. The van der Waals surface area contributed by atoms with E-state index in [2.05, 4.69) is 11.8 Å². The lowest BCUT2D eigenvalue weighted by molar-refractivity contribution is -0.138. The molecule has 104 valence electrons. The lowest BCUT2D eigenvalue weighted by Gasteiger charge is -2.34. The number of ether oxygens (including phenoxy) is 1. The number of hydrogen-bond acceptors (Lipinski definition) is 3. The second kappa shape index (κ2) is 7.26. The van der Waals surface area contributed by atoms with Crippen LogP contribution in [0, 0.1) is 0 Å². The van der Waals surface area contributed by atoms with Gasteiger partial charge in [-0.05, 0) is 12.1 Å². The molecular formula is C15H22N2O2. The molecule has 0 N–H and O–H groups in total. The summed E-state index contributed by atoms with van der Waals surface area (Å²) in [7, 11) is 0. The molecule has 1 aromatic rings. The number of carbonyl (C=O) groups excluding carboxylic acids is 1. The molecule has 1 fully saturated rings. The van der Waals surface area contributed by atoms with E-state index < -0.39 is 0 Å². The molecular weight excluding hydrogens is 240 g/mol. The number of amides is 1. The van der Waals surface area contributed by atoms with Crippen molar-refractivity contribution in [2.24, 2.45) is 0 Å². The van der Waals surface area contributed by atoms with Crippen LogP contribution in [-0.2, 0) is 16.1 Å². The Kier molecular flexibility index (Phi) is 5.36. The highest BCUT2D eigenvalue weighted by atomic mass is 16.5. The SMILES string of the molecule is CCN1CCN(C(=O)COCc2ccccc2)CC1. The van der Waals surface area contributed by atoms with E-state index >= 15 is 0 Å². The van der Waals surface area contributed by atoms with Crippen LogP contribution in [0.15, 0.2) is 30.3 Å². The van der Waals surface area contributed by atoms with Crippen molar-refractivity contribution in [3.8, 4) is 0 Å². The minimum Gasteiger partial charge on any atom is -0.367 e. The molecule has 0 saturated carbocycles. The van der Waals surface area contributed by atoms with Gasteiger partial charge < -0.3 is 14.5 Å². The first-order chi connectivity index (χ1) is 9.29. The topological polar surface area (TPSA) is 32.8 Å². The summed E-state index contributed by atoms with van der Waals surface area (Å²) in [4.78, 5) is 16.2. The second-order valence-corrected chi connectivity index (χ2v) is 4.79. The average Bonchev–Trinajstić information content (AvgIpc) is 2.48. The van der Waals surface area contributed by atoms with E-state index in [-0.39, 0.29) is 12.5 Å². The molecule has 0 aromatic heterocycles. The zero-order valence-corrected chi connectivity index (χ0v) is 11.5. The van der Waals surface area contributed by atoms with Crippen LogP contribution in [-0.4, -0.2) is 55.0 Å². The summed E-state index contributed by atoms with van der Waals surface area (Å²) >= 11 is 0. The van der Waals surface area contributed by atoms with Crippen molar-refractivity contribution in [3.63, 3.8) is 0 Å². The normalized spacial score (nSPS) is 16.6. The fraction of sp³-hybridized carbons (Fsp3) is 0.533. The number of rotatable bonds is 5. The first-order valence-electron chi connectivity index (χ1n) is 6.91. The molecule has 0 aliphatic carbocycles. The molecule has 4 nitrogen and oxygen atoms in total. The molecule has 0 bridgehead atoms. The summed E-state index contributed by atoms with van der Waals surface area (Å²) in [5.41, 5.74) is 1.10. The molecule has 1 saturated heterocycles. The third kappa shape index (κ3) is 4.33. The van der Waals surface area contributed by atoms with Crippen molar-refractivity contribution in [2.45, 2.75) is 13.5 Å². The van der Waals surface area contributed by atoms with Crippen molar-refractivity contribution in [3.05, 3.63) is 35.9 Å². The highest BCUT2D eigenvalue weighted by Gasteiger charge is 2.19. The first-order valence-corrected chi connectivity index (χ1v) is 6.91. The van der Waals surface area contributed by atoms with E-state index in [4.69, 9.17) is 4.74 Å². The van der Waals surface area contributed by atoms with Crippen LogP contribution in [0.3, 0.4) is 0 Å². The summed E-state index contributed by atoms with van der Waals surface area (Å²) in [5, 5.41) is 0. The van der Waals surface area contributed by atoms with Gasteiger partial charge in [0.2, 0.25) is 5.91 Å². The molecule has 4 heteroatoms. The predicted molar refractivity (Wildman–Crippen MR) is 74.8 cm³/mol. The molecule has 0 radical (unpaired) electrons. The van der Waals surface area contributed by atoms with Gasteiger partial charge in [0.25, 0.3) is 0 Å². The molecule has 2 rings (SSSR count). The maximum absolute atomic E-state index is 12.0. The van der Waals surface area contributed by atoms with Crippen molar-refractivity contribution in [2.75, 3.05) is 39.3 Å². The summed E-state index contributed by atoms with van der Waals surface area (Å²) in [5.74, 6) is 0.103. The maximum atomic E-state index is 12.0. The van der Waals surface area contributed by atoms with Crippen LogP contribution in [0.25, 0.3) is 0 Å². The van der Waals surface area contributed by atoms with E-state index in [0.717, 1.165) is 38.3 Å². The van der Waals surface area contributed by atoms with Gasteiger partial charge in [0.1, 0.15) is 6.61 Å². The van der Waals surface area contributed by atoms with E-state index in [1.165, 1.54) is 0 Å². The number of likely N-dealkylation sites (N-methyl/N-ethyl adjacent to an activating group) is 1. The van der Waals surface area contributed by atoms with E-state index in [9.17, 15) is 4.79 Å². The molecule has 19 heavy (non-hydrogen) atoms. The van der Waals surface area contributed by atoms with Gasteiger partial charge >= 0.3 is 0 Å². The predicted octanol–water partition coefficient (Wildman–Crippen LogP) is 1.37. The zero-order chi connectivity index (χ0) is 13.5. The largest absolute Gasteiger partial charge is 0.367 e. The molecule has 0 spiro atoms. The van der Waals surface area contributed by atoms with Gasteiger partial charge in [0.05, 0.1) is 6.61 Å². The summed E-state index contributed by atoms with van der Waals surface area (Å²) in [6.07, 6.45) is 0. The Morgan fingerprint density at radius 2 is 1.84 bits per heavy atom. The molecule has 1 aliphatic rings. The first kappa shape index (κ1) is 14.0. The third-order valence-electron chi connectivity index (χ3n) is 3.51. The number of carbonyl (C=O) groups is 1. The summed E-state index contributed by atoms with van der Waals surface area (Å²) in [6.45, 7) is 7.49. The fourth-order valence-corrected chi connectivity index (χ4v) is 2.24. The number of benzene rings is 1. The Labute approximate surface area is 115 Å².